The number of hydrogen-bond donors (Lipinski definition) is 0. The summed E-state index contributed by atoms with van der Waals surface area (Å²) in [7, 11) is 5.76. The van der Waals surface area contributed by atoms with Crippen LogP contribution < -0.4 is 14.5 Å². The predicted octanol–water partition coefficient (Wildman–Crippen LogP) is 6.54. The lowest BCUT2D eigenvalue weighted by Crippen LogP contribution is -2.36. The van der Waals surface area contributed by atoms with Gasteiger partial charge in [-0.15, -0.1) is 0 Å². The van der Waals surface area contributed by atoms with Crippen LogP contribution in [-0.2, 0) is 17.8 Å². The fourth-order valence-corrected chi connectivity index (χ4v) is 4.77. The molecule has 3 aromatic rings. The molecule has 0 bridgehead atoms. The van der Waals surface area contributed by atoms with Crippen molar-refractivity contribution >= 4 is 17.3 Å². The predicted molar refractivity (Wildman–Crippen MR) is 141 cm³/mol. The maximum Gasteiger partial charge on any atom is 0.234 e. The Morgan fingerprint density at radius 2 is 1.65 bits per heavy atom. The zero-order valence-electron chi connectivity index (χ0n) is 21.0. The van der Waals surface area contributed by atoms with Gasteiger partial charge in [-0.25, -0.2) is 0 Å². The number of fused-ring (bicyclic) bond motifs is 1. The van der Waals surface area contributed by atoms with Gasteiger partial charge < -0.3 is 14.5 Å². The molecule has 0 aliphatic heterocycles. The minimum absolute atomic E-state index is 0.156. The summed E-state index contributed by atoms with van der Waals surface area (Å²) < 4.78 is 5.49. The molecule has 4 rings (SSSR count). The molecule has 0 spiro atoms. The molecule has 1 aliphatic rings. The highest BCUT2D eigenvalue weighted by Crippen LogP contribution is 2.37. The number of ether oxygens (including phenoxy) is 1. The van der Waals surface area contributed by atoms with Gasteiger partial charge in [0, 0.05) is 25.5 Å². The van der Waals surface area contributed by atoms with Gasteiger partial charge in [0.1, 0.15) is 5.75 Å². The molecule has 4 heteroatoms. The largest absolute Gasteiger partial charge is 0.497 e. The van der Waals surface area contributed by atoms with Crippen LogP contribution in [-0.4, -0.2) is 27.1 Å². The van der Waals surface area contributed by atoms with Crippen LogP contribution in [0.2, 0.25) is 0 Å². The van der Waals surface area contributed by atoms with E-state index in [-0.39, 0.29) is 11.8 Å². The number of carbonyl (C=O) groups is 1. The van der Waals surface area contributed by atoms with E-state index in [1.165, 1.54) is 11.1 Å². The zero-order valence-corrected chi connectivity index (χ0v) is 21.0. The number of benzene rings is 3. The summed E-state index contributed by atoms with van der Waals surface area (Å²) in [5, 5.41) is 0. The summed E-state index contributed by atoms with van der Waals surface area (Å²) in [5.41, 5.74) is 6.86. The van der Waals surface area contributed by atoms with Gasteiger partial charge in [-0.2, -0.15) is 0 Å². The van der Waals surface area contributed by atoms with Crippen LogP contribution in [0.15, 0.2) is 66.7 Å². The normalized spacial score (nSPS) is 15.1. The minimum Gasteiger partial charge on any atom is -0.497 e. The number of carbonyl (C=O) groups excluding carboxylic acids is 1. The molecule has 0 radical (unpaired) electrons. The number of aryl methyl sites for hydroxylation is 1. The third-order valence-corrected chi connectivity index (χ3v) is 6.90. The summed E-state index contributed by atoms with van der Waals surface area (Å²) in [6.45, 7) is 4.93. The fraction of sp³-hybridized carbons (Fsp3) is 0.367. The summed E-state index contributed by atoms with van der Waals surface area (Å²) in [6, 6.07) is 23.1. The Morgan fingerprint density at radius 3 is 2.26 bits per heavy atom. The van der Waals surface area contributed by atoms with Crippen LogP contribution in [0.1, 0.15) is 60.8 Å². The summed E-state index contributed by atoms with van der Waals surface area (Å²) in [5.74, 6) is 1.26. The summed E-state index contributed by atoms with van der Waals surface area (Å²) in [4.78, 5) is 18.2. The van der Waals surface area contributed by atoms with Crippen LogP contribution in [0.25, 0.3) is 0 Å². The molecule has 0 N–H and O–H groups in total. The third-order valence-electron chi connectivity index (χ3n) is 6.90. The van der Waals surface area contributed by atoms with Gasteiger partial charge in [-0.3, -0.25) is 4.79 Å². The van der Waals surface area contributed by atoms with E-state index in [4.69, 9.17) is 4.74 Å². The van der Waals surface area contributed by atoms with Crippen LogP contribution in [0.3, 0.4) is 0 Å². The summed E-state index contributed by atoms with van der Waals surface area (Å²) in [6.07, 6.45) is 2.89. The molecule has 0 heterocycles. The van der Waals surface area contributed by atoms with Crippen LogP contribution in [0.5, 0.6) is 5.75 Å². The standard InChI is InChI=1S/C30H36N2O2/c1-21(2)23-11-16-26(17-12-23)32(20-22-9-14-25(15-10-22)31(3)4)30(33)28-8-6-7-24-13-18-27(34-5)19-29(24)28/h9-19,21,28H,6-8,20H2,1-5H3/t28-/m0/s1. The smallest absolute Gasteiger partial charge is 0.234 e. The molecular weight excluding hydrogens is 420 g/mol. The second-order valence-corrected chi connectivity index (χ2v) is 9.74. The molecule has 0 saturated heterocycles. The lowest BCUT2D eigenvalue weighted by atomic mass is 9.81. The van der Waals surface area contributed by atoms with E-state index in [1.54, 1.807) is 7.11 Å². The molecule has 0 fully saturated rings. The van der Waals surface area contributed by atoms with E-state index in [9.17, 15) is 4.79 Å². The van der Waals surface area contributed by atoms with Gasteiger partial charge in [-0.05, 0) is 83.8 Å². The highest BCUT2D eigenvalue weighted by atomic mass is 16.5. The Labute approximate surface area is 204 Å². The number of methoxy groups -OCH3 is 1. The maximum atomic E-state index is 14.1. The van der Waals surface area contributed by atoms with Crippen LogP contribution in [0.4, 0.5) is 11.4 Å². The van der Waals surface area contributed by atoms with E-state index in [0.717, 1.165) is 47.5 Å². The maximum absolute atomic E-state index is 14.1. The highest BCUT2D eigenvalue weighted by Gasteiger charge is 2.31. The second kappa shape index (κ2) is 10.3. The third kappa shape index (κ3) is 5.11. The molecule has 34 heavy (non-hydrogen) atoms. The quantitative estimate of drug-likeness (QED) is 0.405. The molecular formula is C30H36N2O2. The molecule has 1 amide bonds. The summed E-state index contributed by atoms with van der Waals surface area (Å²) >= 11 is 0. The van der Waals surface area contributed by atoms with E-state index in [1.807, 2.05) is 25.1 Å². The average Bonchev–Trinajstić information content (AvgIpc) is 2.86. The van der Waals surface area contributed by atoms with Crippen molar-refractivity contribution in [2.75, 3.05) is 31.0 Å². The van der Waals surface area contributed by atoms with Gasteiger partial charge >= 0.3 is 0 Å². The highest BCUT2D eigenvalue weighted by molar-refractivity contribution is 5.98. The second-order valence-electron chi connectivity index (χ2n) is 9.74. The molecule has 0 saturated carbocycles. The van der Waals surface area contributed by atoms with Crippen molar-refractivity contribution < 1.29 is 9.53 Å². The number of nitrogens with zero attached hydrogens (tertiary/aromatic N) is 2. The number of rotatable bonds is 7. The van der Waals surface area contributed by atoms with Crippen molar-refractivity contribution in [3.05, 3.63) is 89.0 Å². The SMILES string of the molecule is COc1ccc2c(c1)[C@@H](C(=O)N(Cc1ccc(N(C)C)cc1)c1ccc(C(C)C)cc1)CCC2. The Hall–Kier alpha value is -3.27. The van der Waals surface area contributed by atoms with Gasteiger partial charge in [0.15, 0.2) is 0 Å². The van der Waals surface area contributed by atoms with Gasteiger partial charge in [-0.1, -0.05) is 44.2 Å². The number of amides is 1. The lowest BCUT2D eigenvalue weighted by Gasteiger charge is -2.31. The zero-order chi connectivity index (χ0) is 24.2. The van der Waals surface area contributed by atoms with E-state index in [0.29, 0.717) is 12.5 Å². The van der Waals surface area contributed by atoms with Gasteiger partial charge in [0.25, 0.3) is 0 Å². The average molecular weight is 457 g/mol. The van der Waals surface area contributed by atoms with E-state index < -0.39 is 0 Å². The Bertz CT molecular complexity index is 1120. The van der Waals surface area contributed by atoms with Gasteiger partial charge in [0.05, 0.1) is 19.6 Å². The first kappa shape index (κ1) is 23.9. The van der Waals surface area contributed by atoms with E-state index >= 15 is 0 Å². The Kier molecular flexibility index (Phi) is 7.26. The molecule has 1 atom stereocenters. The molecule has 178 valence electrons. The number of hydrogen-bond acceptors (Lipinski definition) is 3. The van der Waals surface area contributed by atoms with Crippen LogP contribution in [0, 0.1) is 0 Å². The molecule has 3 aromatic carbocycles. The minimum atomic E-state index is -0.162. The van der Waals surface area contributed by atoms with Crippen molar-refractivity contribution in [1.29, 1.82) is 0 Å². The van der Waals surface area contributed by atoms with E-state index in [2.05, 4.69) is 79.4 Å². The Morgan fingerprint density at radius 1 is 0.971 bits per heavy atom. The van der Waals surface area contributed by atoms with Crippen molar-refractivity contribution in [2.24, 2.45) is 0 Å². The number of anilines is 2. The molecule has 1 aliphatic carbocycles. The van der Waals surface area contributed by atoms with Crippen molar-refractivity contribution in [3.63, 3.8) is 0 Å². The fourth-order valence-electron chi connectivity index (χ4n) is 4.77. The topological polar surface area (TPSA) is 32.8 Å². The monoisotopic (exact) mass is 456 g/mol. The Balaban J connectivity index is 1.70. The lowest BCUT2D eigenvalue weighted by molar-refractivity contribution is -0.120. The van der Waals surface area contributed by atoms with Crippen molar-refractivity contribution in [3.8, 4) is 5.75 Å². The molecule has 4 nitrogen and oxygen atoms in total. The molecule has 0 aromatic heterocycles. The van der Waals surface area contributed by atoms with Crippen LogP contribution >= 0.6 is 0 Å². The first-order valence-electron chi connectivity index (χ1n) is 12.2. The first-order valence-corrected chi connectivity index (χ1v) is 12.2. The molecule has 0 unspecified atom stereocenters. The first-order chi connectivity index (χ1) is 16.4. The van der Waals surface area contributed by atoms with Crippen molar-refractivity contribution in [1.82, 2.24) is 0 Å². The van der Waals surface area contributed by atoms with Gasteiger partial charge in [0.2, 0.25) is 5.91 Å². The van der Waals surface area contributed by atoms with Crippen molar-refractivity contribution in [2.45, 2.75) is 51.5 Å².